The van der Waals surface area contributed by atoms with Crippen LogP contribution in [0.2, 0.25) is 0 Å². The molecule has 0 aliphatic heterocycles. The quantitative estimate of drug-likeness (QED) is 0.768. The van der Waals surface area contributed by atoms with Gasteiger partial charge in [0.2, 0.25) is 0 Å². The van der Waals surface area contributed by atoms with E-state index in [1.165, 1.54) is 4.57 Å². The molecule has 1 aromatic heterocycles. The molecule has 1 aromatic carbocycles. The molecule has 3 heteroatoms. The fourth-order valence-electron chi connectivity index (χ4n) is 1.34. The second-order valence-electron chi connectivity index (χ2n) is 3.28. The van der Waals surface area contributed by atoms with Gasteiger partial charge in [-0.05, 0) is 29.8 Å². The van der Waals surface area contributed by atoms with Crippen LogP contribution < -0.4 is 0 Å². The van der Waals surface area contributed by atoms with Gasteiger partial charge in [0.15, 0.2) is 0 Å². The van der Waals surface area contributed by atoms with Crippen LogP contribution in [0.3, 0.4) is 0 Å². The number of nitrogens with zero attached hydrogens (tertiary/aromatic N) is 1. The molecule has 0 aliphatic rings. The lowest BCUT2D eigenvalue weighted by molar-refractivity contribution is 0.0970. The monoisotopic (exact) mass is 275 g/mol. The number of halogens is 1. The minimum absolute atomic E-state index is 0.0549. The van der Waals surface area contributed by atoms with Crippen molar-refractivity contribution in [2.75, 3.05) is 0 Å². The predicted octanol–water partition coefficient (Wildman–Crippen LogP) is 3.60. The molecular formula is C13H10BrNO. The van der Waals surface area contributed by atoms with Gasteiger partial charge < -0.3 is 0 Å². The summed E-state index contributed by atoms with van der Waals surface area (Å²) in [5.74, 6) is -0.0549. The Morgan fingerprint density at radius 2 is 1.81 bits per heavy atom. The highest BCUT2D eigenvalue weighted by atomic mass is 79.9. The van der Waals surface area contributed by atoms with Gasteiger partial charge in [0.25, 0.3) is 5.91 Å². The van der Waals surface area contributed by atoms with Crippen molar-refractivity contribution in [1.82, 2.24) is 4.57 Å². The lowest BCUT2D eigenvalue weighted by Gasteiger charge is -1.97. The van der Waals surface area contributed by atoms with Gasteiger partial charge in [0, 0.05) is 22.9 Å². The summed E-state index contributed by atoms with van der Waals surface area (Å²) < 4.78 is 2.51. The van der Waals surface area contributed by atoms with Crippen molar-refractivity contribution in [1.29, 1.82) is 0 Å². The highest BCUT2D eigenvalue weighted by molar-refractivity contribution is 9.10. The third kappa shape index (κ3) is 2.49. The molecule has 0 saturated carbocycles. The zero-order valence-electron chi connectivity index (χ0n) is 8.51. The van der Waals surface area contributed by atoms with Crippen molar-refractivity contribution >= 4 is 27.9 Å². The number of carbonyl (C=O) groups is 1. The predicted molar refractivity (Wildman–Crippen MR) is 68.2 cm³/mol. The van der Waals surface area contributed by atoms with Crippen LogP contribution in [-0.2, 0) is 0 Å². The molecule has 16 heavy (non-hydrogen) atoms. The van der Waals surface area contributed by atoms with Crippen molar-refractivity contribution in [2.45, 2.75) is 0 Å². The molecule has 0 atom stereocenters. The highest BCUT2D eigenvalue weighted by Gasteiger charge is 1.98. The van der Waals surface area contributed by atoms with E-state index in [0.717, 1.165) is 10.0 Å². The number of carbonyl (C=O) groups excluding carboxylic acids is 1. The van der Waals surface area contributed by atoms with Gasteiger partial charge in [-0.15, -0.1) is 0 Å². The summed E-state index contributed by atoms with van der Waals surface area (Å²) in [6.45, 7) is 0. The van der Waals surface area contributed by atoms with Crippen LogP contribution in [0.15, 0.2) is 59.3 Å². The normalized spacial score (nSPS) is 10.8. The first-order chi connectivity index (χ1) is 7.77. The molecule has 0 spiro atoms. The van der Waals surface area contributed by atoms with E-state index in [1.54, 1.807) is 24.5 Å². The first-order valence-corrected chi connectivity index (χ1v) is 5.66. The van der Waals surface area contributed by atoms with E-state index in [-0.39, 0.29) is 5.91 Å². The summed E-state index contributed by atoms with van der Waals surface area (Å²) in [5.41, 5.74) is 0.989. The van der Waals surface area contributed by atoms with Crippen molar-refractivity contribution in [3.8, 4) is 0 Å². The molecule has 0 aliphatic carbocycles. The zero-order chi connectivity index (χ0) is 11.4. The number of benzene rings is 1. The molecule has 0 N–H and O–H groups in total. The summed E-state index contributed by atoms with van der Waals surface area (Å²) >= 11 is 3.43. The van der Waals surface area contributed by atoms with E-state index in [2.05, 4.69) is 15.9 Å². The maximum atomic E-state index is 11.7. The lowest BCUT2D eigenvalue weighted by atomic mass is 10.2. The van der Waals surface area contributed by atoms with Crippen LogP contribution in [0.4, 0.5) is 0 Å². The second kappa shape index (κ2) is 4.94. The Bertz CT molecular complexity index is 514. The third-order valence-corrected chi connectivity index (χ3v) is 2.89. The van der Waals surface area contributed by atoms with Gasteiger partial charge in [-0.3, -0.25) is 9.36 Å². The molecule has 0 unspecified atom stereocenters. The fraction of sp³-hybridized carbons (Fsp3) is 0. The van der Waals surface area contributed by atoms with Gasteiger partial charge in [-0.25, -0.2) is 0 Å². The molecule has 0 radical (unpaired) electrons. The molecule has 80 valence electrons. The SMILES string of the molecule is O=C(/C=C/c1ccccc1Br)n1cccc1. The van der Waals surface area contributed by atoms with Crippen LogP contribution in [0.1, 0.15) is 10.4 Å². The van der Waals surface area contributed by atoms with Gasteiger partial charge in [0.1, 0.15) is 0 Å². The van der Waals surface area contributed by atoms with Crippen LogP contribution in [0, 0.1) is 0 Å². The van der Waals surface area contributed by atoms with Crippen LogP contribution in [0.25, 0.3) is 6.08 Å². The molecule has 0 saturated heterocycles. The molecular weight excluding hydrogens is 266 g/mol. The van der Waals surface area contributed by atoms with E-state index >= 15 is 0 Å². The topological polar surface area (TPSA) is 22.0 Å². The Kier molecular flexibility index (Phi) is 3.37. The Labute approximate surface area is 102 Å². The fourth-order valence-corrected chi connectivity index (χ4v) is 1.76. The first kappa shape index (κ1) is 10.9. The molecule has 0 fully saturated rings. The molecule has 0 bridgehead atoms. The van der Waals surface area contributed by atoms with Gasteiger partial charge in [0.05, 0.1) is 0 Å². The largest absolute Gasteiger partial charge is 0.291 e. The van der Waals surface area contributed by atoms with Crippen molar-refractivity contribution < 1.29 is 4.79 Å². The van der Waals surface area contributed by atoms with E-state index in [0.29, 0.717) is 0 Å². The summed E-state index contributed by atoms with van der Waals surface area (Å²) in [6.07, 6.45) is 6.81. The Hall–Kier alpha value is -1.61. The summed E-state index contributed by atoms with van der Waals surface area (Å²) in [5, 5.41) is 0. The van der Waals surface area contributed by atoms with Crippen molar-refractivity contribution in [3.05, 3.63) is 64.9 Å². The average molecular weight is 276 g/mol. The van der Waals surface area contributed by atoms with Crippen LogP contribution in [-0.4, -0.2) is 10.5 Å². The molecule has 2 nitrogen and oxygen atoms in total. The molecule has 2 rings (SSSR count). The summed E-state index contributed by atoms with van der Waals surface area (Å²) in [6, 6.07) is 11.4. The average Bonchev–Trinajstić information content (AvgIpc) is 2.81. The molecule has 0 amide bonds. The number of aromatic nitrogens is 1. The number of rotatable bonds is 2. The highest BCUT2D eigenvalue weighted by Crippen LogP contribution is 2.17. The maximum absolute atomic E-state index is 11.7. The van der Waals surface area contributed by atoms with Gasteiger partial charge in [-0.1, -0.05) is 34.1 Å². The van der Waals surface area contributed by atoms with Gasteiger partial charge in [-0.2, -0.15) is 0 Å². The van der Waals surface area contributed by atoms with Crippen molar-refractivity contribution in [2.24, 2.45) is 0 Å². The zero-order valence-corrected chi connectivity index (χ0v) is 10.1. The van der Waals surface area contributed by atoms with Crippen molar-refractivity contribution in [3.63, 3.8) is 0 Å². The Balaban J connectivity index is 2.16. The van der Waals surface area contributed by atoms with E-state index in [1.807, 2.05) is 36.4 Å². The summed E-state index contributed by atoms with van der Waals surface area (Å²) in [7, 11) is 0. The number of hydrogen-bond donors (Lipinski definition) is 0. The first-order valence-electron chi connectivity index (χ1n) is 4.87. The second-order valence-corrected chi connectivity index (χ2v) is 4.14. The van der Waals surface area contributed by atoms with E-state index in [9.17, 15) is 4.79 Å². The Morgan fingerprint density at radius 3 is 2.50 bits per heavy atom. The molecule has 2 aromatic rings. The number of allylic oxidation sites excluding steroid dienone is 1. The third-order valence-electron chi connectivity index (χ3n) is 2.17. The maximum Gasteiger partial charge on any atom is 0.254 e. The van der Waals surface area contributed by atoms with Gasteiger partial charge >= 0.3 is 0 Å². The smallest absolute Gasteiger partial charge is 0.254 e. The Morgan fingerprint density at radius 1 is 1.12 bits per heavy atom. The number of hydrogen-bond acceptors (Lipinski definition) is 1. The van der Waals surface area contributed by atoms with E-state index in [4.69, 9.17) is 0 Å². The standard InChI is InChI=1S/C13H10BrNO/c14-12-6-2-1-5-11(12)7-8-13(16)15-9-3-4-10-15/h1-10H/b8-7+. The molecule has 1 heterocycles. The lowest BCUT2D eigenvalue weighted by Crippen LogP contribution is -2.03. The minimum atomic E-state index is -0.0549. The van der Waals surface area contributed by atoms with E-state index < -0.39 is 0 Å². The minimum Gasteiger partial charge on any atom is -0.291 e. The van der Waals surface area contributed by atoms with Crippen LogP contribution in [0.5, 0.6) is 0 Å². The summed E-state index contributed by atoms with van der Waals surface area (Å²) in [4.78, 5) is 11.7. The van der Waals surface area contributed by atoms with Crippen LogP contribution >= 0.6 is 15.9 Å².